The zero-order valence-corrected chi connectivity index (χ0v) is 63.8. The van der Waals surface area contributed by atoms with Crippen LogP contribution < -0.4 is 20.7 Å². The van der Waals surface area contributed by atoms with E-state index in [2.05, 4.69) is 83.7 Å². The minimum atomic E-state index is -2.12. The van der Waals surface area contributed by atoms with Crippen molar-refractivity contribution in [3.63, 3.8) is 0 Å². The van der Waals surface area contributed by atoms with Crippen molar-refractivity contribution in [3.05, 3.63) is 104 Å². The predicted octanol–water partition coefficient (Wildman–Crippen LogP) is 13.9. The number of likely N-dealkylation sites (N-methyl/N-ethyl adjacent to an activating group) is 2. The Balaban J connectivity index is 0.00000144. The van der Waals surface area contributed by atoms with Crippen LogP contribution in [0.2, 0.25) is 46.3 Å². The van der Waals surface area contributed by atoms with E-state index in [0.29, 0.717) is 89.5 Å². The number of nitrogens with one attached hydrogen (secondary N) is 3. The number of halogens is 4. The molecule has 2 saturated heterocycles. The Morgan fingerprint density at radius 1 is 0.611 bits per heavy atom. The van der Waals surface area contributed by atoms with Gasteiger partial charge in [0, 0.05) is 110 Å². The van der Waals surface area contributed by atoms with Gasteiger partial charge in [-0.3, -0.25) is 19.7 Å². The van der Waals surface area contributed by atoms with Crippen molar-refractivity contribution >= 4 is 109 Å². The van der Waals surface area contributed by atoms with Gasteiger partial charge in [0.1, 0.15) is 28.6 Å². The van der Waals surface area contributed by atoms with Crippen LogP contribution in [0.25, 0.3) is 0 Å². The van der Waals surface area contributed by atoms with Gasteiger partial charge in [0.15, 0.2) is 16.6 Å². The Morgan fingerprint density at radius 2 is 0.989 bits per heavy atom. The molecule has 2 heterocycles. The topological polar surface area (TPSA) is 244 Å². The second-order valence-corrected chi connectivity index (χ2v) is 38.1. The van der Waals surface area contributed by atoms with E-state index in [-0.39, 0.29) is 128 Å². The standard InChI is InChI=1S/C29H48ClFN4O5Si.C21H43N3O4Si.C14H10ClFN2O4.CH4.2H2S/c1-28(2,3)40-27(38)35-17-15-34(16-18-35)24(36)14-13-22(20-39-41(8,9)29(4,5)6)33(7)26(37)32-19-21-11-10-12-23(31)25(21)30;1-20(2,3)28-19(26)24-14-12-23(13-15-24)18(25)11-10-17(22-7)16-27-29(8,9)21(4,5)6;15-13-9(2-1-3-12(13)16)8-17-14(19)22-11-6-4-10(5-7-11)18(20)21;;;/h10-12,22H,13-20H2,1-9H3,(H,32,37);17,22H,10-16H2,1-9H3;1-7H,8H2,(H,17,19);1H4;2*1H2/t22-;17-;;;;/m00..../s1. The van der Waals surface area contributed by atoms with Crippen LogP contribution >= 0.6 is 50.2 Å². The zero-order chi connectivity index (χ0) is 69.7. The molecule has 95 heavy (non-hydrogen) atoms. The monoisotopic (exact) mass is 1450 g/mol. The number of ether oxygens (including phenoxy) is 3. The van der Waals surface area contributed by atoms with E-state index in [9.17, 15) is 47.7 Å². The molecule has 0 unspecified atom stereocenters. The highest BCUT2D eigenvalue weighted by Crippen LogP contribution is 2.38. The van der Waals surface area contributed by atoms with Crippen LogP contribution in [0, 0.1) is 21.7 Å². The summed E-state index contributed by atoms with van der Waals surface area (Å²) >= 11 is 11.8. The molecule has 2 aliphatic rings. The minimum Gasteiger partial charge on any atom is -0.444 e. The number of hydrogen-bond acceptors (Lipinski definition) is 14. The summed E-state index contributed by atoms with van der Waals surface area (Å²) in [4.78, 5) is 93.4. The number of rotatable bonds is 20. The summed E-state index contributed by atoms with van der Waals surface area (Å²) in [5, 5.41) is 19.1. The Hall–Kier alpha value is -5.47. The lowest BCUT2D eigenvalue weighted by Gasteiger charge is -2.39. The molecule has 0 aromatic heterocycles. The first-order valence-electron chi connectivity index (χ1n) is 31.0. The number of benzene rings is 3. The van der Waals surface area contributed by atoms with Crippen molar-refractivity contribution in [1.29, 1.82) is 0 Å². The van der Waals surface area contributed by atoms with Crippen LogP contribution in [0.5, 0.6) is 5.75 Å². The molecule has 0 spiro atoms. The van der Waals surface area contributed by atoms with Crippen molar-refractivity contribution in [3.8, 4) is 5.75 Å². The molecular weight excluding hydrogens is 1340 g/mol. The normalized spacial score (nSPS) is 14.3. The van der Waals surface area contributed by atoms with E-state index in [4.69, 9.17) is 46.3 Å². The van der Waals surface area contributed by atoms with E-state index in [0.717, 1.165) is 6.42 Å². The first kappa shape index (κ1) is 89.5. The molecule has 22 nitrogen and oxygen atoms in total. The van der Waals surface area contributed by atoms with E-state index in [1.807, 2.05) is 53.5 Å². The van der Waals surface area contributed by atoms with Crippen molar-refractivity contribution in [2.75, 3.05) is 79.7 Å². The summed E-state index contributed by atoms with van der Waals surface area (Å²) in [7, 11) is -0.319. The van der Waals surface area contributed by atoms with Crippen LogP contribution in [0.15, 0.2) is 60.7 Å². The smallest absolute Gasteiger partial charge is 0.412 e. The summed E-state index contributed by atoms with van der Waals surface area (Å²) in [6.45, 7) is 37.7. The first-order chi connectivity index (χ1) is 42.4. The van der Waals surface area contributed by atoms with E-state index >= 15 is 0 Å². The molecule has 3 N–H and O–H groups in total. The van der Waals surface area contributed by atoms with Gasteiger partial charge in [0.2, 0.25) is 11.8 Å². The van der Waals surface area contributed by atoms with Crippen LogP contribution in [0.4, 0.5) is 33.6 Å². The summed E-state index contributed by atoms with van der Waals surface area (Å²) in [5.41, 5.74) is -0.309. The highest BCUT2D eigenvalue weighted by Gasteiger charge is 2.40. The number of hydrogen-bond donors (Lipinski definition) is 3. The molecule has 0 saturated carbocycles. The van der Waals surface area contributed by atoms with Gasteiger partial charge < -0.3 is 63.5 Å². The number of carbonyl (C=O) groups excluding carboxylic acids is 6. The van der Waals surface area contributed by atoms with Gasteiger partial charge in [-0.05, 0) is 133 Å². The Kier molecular flexibility index (Phi) is 37.5. The van der Waals surface area contributed by atoms with Crippen molar-refractivity contribution < 1.29 is 65.5 Å². The van der Waals surface area contributed by atoms with E-state index < -0.39 is 50.5 Å². The third kappa shape index (κ3) is 30.9. The lowest BCUT2D eigenvalue weighted by atomic mass is 10.1. The fourth-order valence-electron chi connectivity index (χ4n) is 8.36. The van der Waals surface area contributed by atoms with Crippen LogP contribution in [0.3, 0.4) is 0 Å². The molecule has 3 aromatic carbocycles. The van der Waals surface area contributed by atoms with Gasteiger partial charge >= 0.3 is 24.3 Å². The van der Waals surface area contributed by atoms with Crippen molar-refractivity contribution in [2.45, 2.75) is 189 Å². The van der Waals surface area contributed by atoms with Gasteiger partial charge in [-0.1, -0.05) is 96.4 Å². The average molecular weight is 1450 g/mol. The summed E-state index contributed by atoms with van der Waals surface area (Å²) in [6, 6.07) is 13.2. The molecule has 5 rings (SSSR count). The maximum absolute atomic E-state index is 13.8. The Labute approximate surface area is 589 Å². The first-order valence-corrected chi connectivity index (χ1v) is 37.6. The predicted molar refractivity (Wildman–Crippen MR) is 386 cm³/mol. The number of non-ortho nitro benzene ring substituents is 1. The Morgan fingerprint density at radius 3 is 1.37 bits per heavy atom. The molecular formula is C65H109Cl2F2N9O13S2Si2. The van der Waals surface area contributed by atoms with Gasteiger partial charge in [-0.25, -0.2) is 28.0 Å². The van der Waals surface area contributed by atoms with Gasteiger partial charge in [0.05, 0.1) is 27.6 Å². The highest BCUT2D eigenvalue weighted by atomic mass is 35.5. The zero-order valence-electron chi connectivity index (χ0n) is 58.2. The number of nitrogens with zero attached hydrogens (tertiary/aromatic N) is 6. The number of piperazine rings is 2. The number of urea groups is 1. The van der Waals surface area contributed by atoms with Crippen LogP contribution in [0.1, 0.15) is 127 Å². The molecule has 2 aliphatic heterocycles. The second-order valence-electron chi connectivity index (χ2n) is 27.7. The molecule has 540 valence electrons. The van der Waals surface area contributed by atoms with Crippen LogP contribution in [-0.4, -0.2) is 185 Å². The number of amides is 7. The molecule has 7 amide bonds. The second kappa shape index (κ2) is 39.8. The minimum absolute atomic E-state index is 0. The van der Waals surface area contributed by atoms with Gasteiger partial charge in [-0.2, -0.15) is 27.0 Å². The molecule has 2 atom stereocenters. The van der Waals surface area contributed by atoms with Crippen LogP contribution in [-0.2, 0) is 41.0 Å². The molecule has 0 aliphatic carbocycles. The SMILES string of the molecule is C.CN(C(=O)NCc1cccc(F)c1Cl)[C@@H](CCC(=O)N1CCN(C(=O)OC(C)(C)C)CC1)CO[Si](C)(C)C(C)(C)C.CN[C@@H](CCC(=O)N1CCN(C(=O)OC(C)(C)C)CC1)CO[Si](C)(C)C(C)(C)C.O=C(NCc1cccc(F)c1Cl)Oc1ccc([N+](=O)[O-])cc1.S.S. The lowest BCUT2D eigenvalue weighted by molar-refractivity contribution is -0.384. The molecule has 0 bridgehead atoms. The third-order valence-electron chi connectivity index (χ3n) is 16.3. The van der Waals surface area contributed by atoms with Crippen molar-refractivity contribution in [1.82, 2.24) is 40.4 Å². The maximum atomic E-state index is 13.8. The quantitative estimate of drug-likeness (QED) is 0.0541. The van der Waals surface area contributed by atoms with E-state index in [1.54, 1.807) is 44.8 Å². The fraction of sp³-hybridized carbons (Fsp3) is 0.631. The molecule has 30 heteroatoms. The maximum Gasteiger partial charge on any atom is 0.412 e. The summed E-state index contributed by atoms with van der Waals surface area (Å²) < 4.78 is 55.6. The van der Waals surface area contributed by atoms with E-state index in [1.165, 1.54) is 42.5 Å². The summed E-state index contributed by atoms with van der Waals surface area (Å²) in [6.07, 6.45) is 0.404. The third-order valence-corrected chi connectivity index (χ3v) is 26.2. The molecule has 2 fully saturated rings. The number of nitro groups is 1. The number of carbonyl (C=O) groups is 6. The largest absolute Gasteiger partial charge is 0.444 e. The molecule has 0 radical (unpaired) electrons. The highest BCUT2D eigenvalue weighted by molar-refractivity contribution is 7.59. The lowest BCUT2D eigenvalue weighted by Crippen LogP contribution is -2.52. The fourth-order valence-corrected chi connectivity index (χ4v) is 10.8. The average Bonchev–Trinajstić information content (AvgIpc) is 1.04. The van der Waals surface area contributed by atoms with Gasteiger partial charge in [0.25, 0.3) is 5.69 Å². The summed E-state index contributed by atoms with van der Waals surface area (Å²) in [5.74, 6) is -0.871. The molecule has 3 aromatic rings. The Bertz CT molecular complexity index is 2940. The van der Waals surface area contributed by atoms with Gasteiger partial charge in [-0.15, -0.1) is 0 Å². The van der Waals surface area contributed by atoms with Crippen molar-refractivity contribution in [2.24, 2.45) is 0 Å². The number of nitro benzene ring substituents is 1.